The van der Waals surface area contributed by atoms with Gasteiger partial charge in [-0.3, -0.25) is 4.79 Å². The Bertz CT molecular complexity index is 190. The molecule has 1 unspecified atom stereocenters. The van der Waals surface area contributed by atoms with Crippen LogP contribution in [0.25, 0.3) is 0 Å². The molecule has 0 aromatic carbocycles. The van der Waals surface area contributed by atoms with Crippen LogP contribution in [0.15, 0.2) is 0 Å². The third-order valence-corrected chi connectivity index (χ3v) is 3.31. The topological polar surface area (TPSA) is 49.3 Å². The van der Waals surface area contributed by atoms with E-state index in [-0.39, 0.29) is 6.04 Å². The van der Waals surface area contributed by atoms with E-state index in [9.17, 15) is 4.79 Å². The van der Waals surface area contributed by atoms with E-state index in [2.05, 4.69) is 12.2 Å². The van der Waals surface area contributed by atoms with Crippen LogP contribution in [0.4, 0.5) is 0 Å². The Labute approximate surface area is 92.3 Å². The fraction of sp³-hybridized carbons (Fsp3) is 0.917. The van der Waals surface area contributed by atoms with Crippen LogP contribution in [-0.4, -0.2) is 23.7 Å². The Morgan fingerprint density at radius 1 is 1.53 bits per heavy atom. The number of unbranched alkanes of at least 4 members (excludes halogenated alkanes) is 1. The summed E-state index contributed by atoms with van der Waals surface area (Å²) in [4.78, 5) is 10.9. The maximum atomic E-state index is 10.9. The zero-order valence-electron chi connectivity index (χ0n) is 9.67. The van der Waals surface area contributed by atoms with Gasteiger partial charge in [0.25, 0.3) is 0 Å². The van der Waals surface area contributed by atoms with E-state index >= 15 is 0 Å². The standard InChI is InChI=1S/C12H23NO2/c1-2-3-7-11(12(14)15)13-9-8-10-5-4-6-10/h10-11,13H,2-9H2,1H3,(H,14,15). The van der Waals surface area contributed by atoms with E-state index in [4.69, 9.17) is 5.11 Å². The van der Waals surface area contributed by atoms with Crippen molar-refractivity contribution in [1.82, 2.24) is 5.32 Å². The molecule has 0 aliphatic heterocycles. The molecule has 0 heterocycles. The van der Waals surface area contributed by atoms with Crippen molar-refractivity contribution in [3.05, 3.63) is 0 Å². The first-order valence-electron chi connectivity index (χ1n) is 6.20. The first kappa shape index (κ1) is 12.5. The maximum Gasteiger partial charge on any atom is 0.320 e. The number of carbonyl (C=O) groups is 1. The van der Waals surface area contributed by atoms with E-state index in [1.165, 1.54) is 19.3 Å². The van der Waals surface area contributed by atoms with Gasteiger partial charge in [-0.1, -0.05) is 39.0 Å². The van der Waals surface area contributed by atoms with Gasteiger partial charge in [0.1, 0.15) is 6.04 Å². The first-order valence-corrected chi connectivity index (χ1v) is 6.20. The van der Waals surface area contributed by atoms with Crippen LogP contribution in [0.1, 0.15) is 51.9 Å². The van der Waals surface area contributed by atoms with E-state index < -0.39 is 5.97 Å². The second-order valence-corrected chi connectivity index (χ2v) is 4.57. The highest BCUT2D eigenvalue weighted by atomic mass is 16.4. The first-order chi connectivity index (χ1) is 7.24. The zero-order chi connectivity index (χ0) is 11.1. The molecule has 0 saturated heterocycles. The molecule has 0 bridgehead atoms. The van der Waals surface area contributed by atoms with Gasteiger partial charge in [0, 0.05) is 0 Å². The summed E-state index contributed by atoms with van der Waals surface area (Å²) in [5, 5.41) is 12.1. The Morgan fingerprint density at radius 3 is 2.73 bits per heavy atom. The lowest BCUT2D eigenvalue weighted by Crippen LogP contribution is -2.38. The molecule has 88 valence electrons. The number of aliphatic carboxylic acids is 1. The molecule has 1 aliphatic rings. The SMILES string of the molecule is CCCCC(NCCC1CCC1)C(=O)O. The van der Waals surface area contributed by atoms with Crippen LogP contribution in [-0.2, 0) is 4.79 Å². The Balaban J connectivity index is 2.09. The molecule has 0 radical (unpaired) electrons. The monoisotopic (exact) mass is 213 g/mol. The minimum Gasteiger partial charge on any atom is -0.480 e. The van der Waals surface area contributed by atoms with Crippen molar-refractivity contribution in [3.63, 3.8) is 0 Å². The lowest BCUT2D eigenvalue weighted by molar-refractivity contribution is -0.139. The van der Waals surface area contributed by atoms with E-state index in [1.54, 1.807) is 0 Å². The van der Waals surface area contributed by atoms with Crippen LogP contribution in [0, 0.1) is 5.92 Å². The van der Waals surface area contributed by atoms with Crippen LogP contribution in [0.5, 0.6) is 0 Å². The minimum atomic E-state index is -0.697. The van der Waals surface area contributed by atoms with E-state index in [0.717, 1.165) is 38.1 Å². The predicted octanol–water partition coefficient (Wildman–Crippen LogP) is 2.41. The van der Waals surface area contributed by atoms with Crippen molar-refractivity contribution in [2.75, 3.05) is 6.54 Å². The second-order valence-electron chi connectivity index (χ2n) is 4.57. The largest absolute Gasteiger partial charge is 0.480 e. The summed E-state index contributed by atoms with van der Waals surface area (Å²) in [7, 11) is 0. The molecule has 1 saturated carbocycles. The Hall–Kier alpha value is -0.570. The van der Waals surface area contributed by atoms with Crippen LogP contribution in [0.2, 0.25) is 0 Å². The fourth-order valence-electron chi connectivity index (χ4n) is 1.96. The summed E-state index contributed by atoms with van der Waals surface area (Å²) in [6.45, 7) is 2.96. The molecule has 0 amide bonds. The van der Waals surface area contributed by atoms with Crippen molar-refractivity contribution >= 4 is 5.97 Å². The van der Waals surface area contributed by atoms with Crippen molar-refractivity contribution in [1.29, 1.82) is 0 Å². The van der Waals surface area contributed by atoms with Crippen molar-refractivity contribution in [2.45, 2.75) is 57.9 Å². The van der Waals surface area contributed by atoms with Gasteiger partial charge in [-0.25, -0.2) is 0 Å². The molecule has 1 atom stereocenters. The quantitative estimate of drug-likeness (QED) is 0.651. The summed E-state index contributed by atoms with van der Waals surface area (Å²) in [6.07, 6.45) is 8.01. The number of rotatable bonds is 8. The number of carboxylic acids is 1. The van der Waals surface area contributed by atoms with Crippen molar-refractivity contribution < 1.29 is 9.90 Å². The lowest BCUT2D eigenvalue weighted by atomic mass is 9.83. The molecule has 1 fully saturated rings. The van der Waals surface area contributed by atoms with Gasteiger partial charge in [0.2, 0.25) is 0 Å². The highest BCUT2D eigenvalue weighted by Crippen LogP contribution is 2.28. The van der Waals surface area contributed by atoms with Gasteiger partial charge >= 0.3 is 5.97 Å². The number of hydrogen-bond acceptors (Lipinski definition) is 2. The summed E-state index contributed by atoms with van der Waals surface area (Å²) < 4.78 is 0. The second kappa shape index (κ2) is 6.83. The molecule has 0 aromatic heterocycles. The molecule has 0 aromatic rings. The molecule has 15 heavy (non-hydrogen) atoms. The summed E-state index contributed by atoms with van der Waals surface area (Å²) >= 11 is 0. The molecule has 2 N–H and O–H groups in total. The average Bonchev–Trinajstić information content (AvgIpc) is 2.13. The third kappa shape index (κ3) is 4.65. The van der Waals surface area contributed by atoms with Gasteiger partial charge < -0.3 is 10.4 Å². The number of hydrogen-bond donors (Lipinski definition) is 2. The highest BCUT2D eigenvalue weighted by Gasteiger charge is 2.19. The minimum absolute atomic E-state index is 0.329. The zero-order valence-corrected chi connectivity index (χ0v) is 9.67. The van der Waals surface area contributed by atoms with Gasteiger partial charge in [-0.15, -0.1) is 0 Å². The van der Waals surface area contributed by atoms with Crippen molar-refractivity contribution in [2.24, 2.45) is 5.92 Å². The highest BCUT2D eigenvalue weighted by molar-refractivity contribution is 5.73. The smallest absolute Gasteiger partial charge is 0.320 e. The van der Waals surface area contributed by atoms with E-state index in [1.807, 2.05) is 0 Å². The summed E-state index contributed by atoms with van der Waals surface area (Å²) in [6, 6.07) is -0.329. The molecule has 3 heteroatoms. The molecule has 1 rings (SSSR count). The third-order valence-electron chi connectivity index (χ3n) is 3.31. The molecule has 0 spiro atoms. The van der Waals surface area contributed by atoms with Crippen LogP contribution in [0.3, 0.4) is 0 Å². The Kier molecular flexibility index (Phi) is 5.69. The molecule has 1 aliphatic carbocycles. The average molecular weight is 213 g/mol. The van der Waals surface area contributed by atoms with Gasteiger partial charge in [-0.05, 0) is 25.3 Å². The number of nitrogens with one attached hydrogen (secondary N) is 1. The summed E-state index contributed by atoms with van der Waals surface area (Å²) in [5.41, 5.74) is 0. The molecular formula is C12H23NO2. The van der Waals surface area contributed by atoms with Crippen molar-refractivity contribution in [3.8, 4) is 0 Å². The lowest BCUT2D eigenvalue weighted by Gasteiger charge is -2.26. The van der Waals surface area contributed by atoms with Crippen LogP contribution >= 0.6 is 0 Å². The van der Waals surface area contributed by atoms with Gasteiger partial charge in [0.05, 0.1) is 0 Å². The molecule has 3 nitrogen and oxygen atoms in total. The van der Waals surface area contributed by atoms with Gasteiger partial charge in [-0.2, -0.15) is 0 Å². The van der Waals surface area contributed by atoms with E-state index in [0.29, 0.717) is 0 Å². The predicted molar refractivity (Wildman–Crippen MR) is 60.9 cm³/mol. The fourth-order valence-corrected chi connectivity index (χ4v) is 1.96. The Morgan fingerprint density at radius 2 is 2.27 bits per heavy atom. The normalized spacial score (nSPS) is 18.5. The molecular weight excluding hydrogens is 190 g/mol. The van der Waals surface area contributed by atoms with Crippen LogP contribution < -0.4 is 5.32 Å². The number of carboxylic acid groups (broad SMARTS) is 1. The maximum absolute atomic E-state index is 10.9. The van der Waals surface area contributed by atoms with Gasteiger partial charge in [0.15, 0.2) is 0 Å². The summed E-state index contributed by atoms with van der Waals surface area (Å²) in [5.74, 6) is 0.162.